The van der Waals surface area contributed by atoms with E-state index in [4.69, 9.17) is 9.84 Å². The summed E-state index contributed by atoms with van der Waals surface area (Å²) in [5, 5.41) is 8.73. The molecule has 1 aromatic rings. The molecule has 0 saturated carbocycles. The summed E-state index contributed by atoms with van der Waals surface area (Å²) in [6.45, 7) is 4.91. The van der Waals surface area contributed by atoms with Crippen molar-refractivity contribution in [2.75, 3.05) is 5.75 Å². The van der Waals surface area contributed by atoms with E-state index in [-0.39, 0.29) is 10.5 Å². The van der Waals surface area contributed by atoms with Gasteiger partial charge in [0.1, 0.15) is 5.60 Å². The Bertz CT molecular complexity index is 607. The quantitative estimate of drug-likeness (QED) is 0.846. The highest BCUT2D eigenvalue weighted by Gasteiger charge is 2.24. The summed E-state index contributed by atoms with van der Waals surface area (Å²) >= 11 is 0. The van der Waals surface area contributed by atoms with Gasteiger partial charge in [-0.2, -0.15) is 0 Å². The van der Waals surface area contributed by atoms with Crippen LogP contribution < -0.4 is 0 Å². The van der Waals surface area contributed by atoms with Gasteiger partial charge in [-0.05, 0) is 45.0 Å². The average Bonchev–Trinajstić information content (AvgIpc) is 2.25. The number of carboxylic acid groups (broad SMARTS) is 1. The SMILES string of the molecule is CC(C)(C)OC(=O)CS(=O)(=O)c1ccc(C(=O)O)cc1. The van der Waals surface area contributed by atoms with Crippen LogP contribution in [0.25, 0.3) is 0 Å². The van der Waals surface area contributed by atoms with Gasteiger partial charge in [0.2, 0.25) is 0 Å². The summed E-state index contributed by atoms with van der Waals surface area (Å²) in [6, 6.07) is 4.65. The third-order valence-corrected chi connectivity index (χ3v) is 3.79. The molecule has 1 N–H and O–H groups in total. The minimum absolute atomic E-state index is 0.0266. The van der Waals surface area contributed by atoms with Crippen molar-refractivity contribution >= 4 is 21.8 Å². The molecule has 0 aliphatic carbocycles. The van der Waals surface area contributed by atoms with E-state index in [1.807, 2.05) is 0 Å². The molecular weight excluding hydrogens is 284 g/mol. The van der Waals surface area contributed by atoms with Crippen LogP contribution in [0.2, 0.25) is 0 Å². The Labute approximate surface area is 117 Å². The zero-order valence-corrected chi connectivity index (χ0v) is 12.2. The van der Waals surface area contributed by atoms with E-state index in [0.717, 1.165) is 12.1 Å². The van der Waals surface area contributed by atoms with Gasteiger partial charge in [-0.15, -0.1) is 0 Å². The van der Waals surface area contributed by atoms with Gasteiger partial charge < -0.3 is 9.84 Å². The number of esters is 1. The molecule has 1 rings (SSSR count). The highest BCUT2D eigenvalue weighted by Crippen LogP contribution is 2.15. The zero-order chi connectivity index (χ0) is 15.6. The van der Waals surface area contributed by atoms with E-state index in [0.29, 0.717) is 0 Å². The Morgan fingerprint density at radius 2 is 1.65 bits per heavy atom. The number of carbonyl (C=O) groups is 2. The molecule has 1 aromatic carbocycles. The van der Waals surface area contributed by atoms with Crippen molar-refractivity contribution in [1.82, 2.24) is 0 Å². The van der Waals surface area contributed by atoms with Gasteiger partial charge in [-0.3, -0.25) is 4.79 Å². The molecular formula is C13H16O6S. The summed E-state index contributed by atoms with van der Waals surface area (Å²) in [5.41, 5.74) is -0.791. The number of rotatable bonds is 4. The number of sulfone groups is 1. The lowest BCUT2D eigenvalue weighted by Gasteiger charge is -2.19. The van der Waals surface area contributed by atoms with Crippen LogP contribution in [0, 0.1) is 0 Å². The predicted octanol–water partition coefficient (Wildman–Crippen LogP) is 1.50. The van der Waals surface area contributed by atoms with Gasteiger partial charge in [-0.25, -0.2) is 13.2 Å². The summed E-state index contributed by atoms with van der Waals surface area (Å²) in [6.07, 6.45) is 0. The lowest BCUT2D eigenvalue weighted by molar-refractivity contribution is -0.151. The predicted molar refractivity (Wildman–Crippen MR) is 71.3 cm³/mol. The van der Waals surface area contributed by atoms with Crippen LogP contribution in [0.5, 0.6) is 0 Å². The van der Waals surface area contributed by atoms with Gasteiger partial charge in [0.05, 0.1) is 10.5 Å². The van der Waals surface area contributed by atoms with Crippen LogP contribution >= 0.6 is 0 Å². The fraction of sp³-hybridized carbons (Fsp3) is 0.385. The van der Waals surface area contributed by atoms with Crippen LogP contribution in [-0.2, 0) is 19.4 Å². The summed E-state index contributed by atoms with van der Waals surface area (Å²) in [7, 11) is -3.84. The van der Waals surface area contributed by atoms with Gasteiger partial charge >= 0.3 is 11.9 Å². The summed E-state index contributed by atoms with van der Waals surface area (Å²) < 4.78 is 28.9. The number of aromatic carboxylic acids is 1. The maximum absolute atomic E-state index is 12.0. The number of carbonyl (C=O) groups excluding carboxylic acids is 1. The maximum Gasteiger partial charge on any atom is 0.335 e. The first-order valence-electron chi connectivity index (χ1n) is 5.79. The monoisotopic (exact) mass is 300 g/mol. The molecule has 6 nitrogen and oxygen atoms in total. The highest BCUT2D eigenvalue weighted by atomic mass is 32.2. The zero-order valence-electron chi connectivity index (χ0n) is 11.4. The van der Waals surface area contributed by atoms with Gasteiger partial charge in [0.15, 0.2) is 15.6 Å². The van der Waals surface area contributed by atoms with Crippen LogP contribution in [0.1, 0.15) is 31.1 Å². The van der Waals surface area contributed by atoms with E-state index in [1.165, 1.54) is 12.1 Å². The number of hydrogen-bond acceptors (Lipinski definition) is 5. The molecule has 0 aromatic heterocycles. The van der Waals surface area contributed by atoms with Gasteiger partial charge in [0, 0.05) is 0 Å². The van der Waals surface area contributed by atoms with E-state index >= 15 is 0 Å². The van der Waals surface area contributed by atoms with E-state index in [1.54, 1.807) is 20.8 Å². The number of carboxylic acids is 1. The first-order chi connectivity index (χ1) is 9.01. The van der Waals surface area contributed by atoms with Gasteiger partial charge in [0.25, 0.3) is 0 Å². The molecule has 0 spiro atoms. The normalized spacial score (nSPS) is 11.9. The smallest absolute Gasteiger partial charge is 0.335 e. The molecule has 0 saturated heterocycles. The van der Waals surface area contributed by atoms with E-state index in [9.17, 15) is 18.0 Å². The Balaban J connectivity index is 2.89. The molecule has 0 amide bonds. The number of ether oxygens (including phenoxy) is 1. The van der Waals surface area contributed by atoms with Crippen LogP contribution in [0.3, 0.4) is 0 Å². The molecule has 7 heteroatoms. The third-order valence-electron chi connectivity index (χ3n) is 2.19. The van der Waals surface area contributed by atoms with Crippen molar-refractivity contribution in [2.45, 2.75) is 31.3 Å². The lowest BCUT2D eigenvalue weighted by Crippen LogP contribution is -2.28. The lowest BCUT2D eigenvalue weighted by atomic mass is 10.2. The Kier molecular flexibility index (Phi) is 4.54. The van der Waals surface area contributed by atoms with Crippen molar-refractivity contribution < 1.29 is 27.9 Å². The molecule has 0 unspecified atom stereocenters. The second-order valence-electron chi connectivity index (χ2n) is 5.18. The average molecular weight is 300 g/mol. The molecule has 110 valence electrons. The number of hydrogen-bond donors (Lipinski definition) is 1. The standard InChI is InChI=1S/C13H16O6S/c1-13(2,3)19-11(14)8-20(17,18)10-6-4-9(5-7-10)12(15)16/h4-7H,8H2,1-3H3,(H,15,16). The Morgan fingerprint density at radius 1 is 1.15 bits per heavy atom. The highest BCUT2D eigenvalue weighted by molar-refractivity contribution is 7.92. The topological polar surface area (TPSA) is 97.7 Å². The van der Waals surface area contributed by atoms with Gasteiger partial charge in [-0.1, -0.05) is 0 Å². The fourth-order valence-corrected chi connectivity index (χ4v) is 2.50. The summed E-state index contributed by atoms with van der Waals surface area (Å²) in [4.78, 5) is 22.1. The second kappa shape index (κ2) is 5.62. The Hall–Kier alpha value is -1.89. The maximum atomic E-state index is 12.0. The first kappa shape index (κ1) is 16.2. The number of benzene rings is 1. The largest absolute Gasteiger partial charge is 0.478 e. The minimum atomic E-state index is -3.84. The van der Waals surface area contributed by atoms with E-state index in [2.05, 4.69) is 0 Å². The van der Waals surface area contributed by atoms with Crippen molar-refractivity contribution in [3.05, 3.63) is 29.8 Å². The molecule has 0 aliphatic heterocycles. The molecule has 0 aliphatic rings. The van der Waals surface area contributed by atoms with Crippen molar-refractivity contribution in [2.24, 2.45) is 0 Å². The molecule has 0 heterocycles. The summed E-state index contributed by atoms with van der Waals surface area (Å²) in [5.74, 6) is -2.78. The second-order valence-corrected chi connectivity index (χ2v) is 7.16. The minimum Gasteiger partial charge on any atom is -0.478 e. The Morgan fingerprint density at radius 3 is 2.05 bits per heavy atom. The molecule has 20 heavy (non-hydrogen) atoms. The molecule has 0 atom stereocenters. The van der Waals surface area contributed by atoms with Crippen molar-refractivity contribution in [1.29, 1.82) is 0 Å². The van der Waals surface area contributed by atoms with Crippen LogP contribution in [0.4, 0.5) is 0 Å². The third kappa shape index (κ3) is 4.65. The molecule has 0 radical (unpaired) electrons. The van der Waals surface area contributed by atoms with E-state index < -0.39 is 33.1 Å². The molecule has 0 bridgehead atoms. The van der Waals surface area contributed by atoms with Crippen molar-refractivity contribution in [3.63, 3.8) is 0 Å². The fourth-order valence-electron chi connectivity index (χ4n) is 1.41. The van der Waals surface area contributed by atoms with Crippen LogP contribution in [-0.4, -0.2) is 36.8 Å². The van der Waals surface area contributed by atoms with Crippen LogP contribution in [0.15, 0.2) is 29.2 Å². The molecule has 0 fully saturated rings. The van der Waals surface area contributed by atoms with Crippen molar-refractivity contribution in [3.8, 4) is 0 Å². The first-order valence-corrected chi connectivity index (χ1v) is 7.44.